The molecule has 0 atom stereocenters. The maximum Gasteiger partial charge on any atom is 0.0375 e. The van der Waals surface area contributed by atoms with Crippen molar-refractivity contribution in [1.82, 2.24) is 0 Å². The second-order valence-electron chi connectivity index (χ2n) is 6.00. The van der Waals surface area contributed by atoms with E-state index in [4.69, 9.17) is 0 Å². The van der Waals surface area contributed by atoms with Gasteiger partial charge in [-0.15, -0.1) is 0 Å². The van der Waals surface area contributed by atoms with Crippen LogP contribution in [0.4, 0.5) is 0 Å². The van der Waals surface area contributed by atoms with Crippen LogP contribution in [0.1, 0.15) is 105 Å². The van der Waals surface area contributed by atoms with Crippen LogP contribution in [0.15, 0.2) is 10.2 Å². The van der Waals surface area contributed by atoms with Gasteiger partial charge in [-0.05, 0) is 39.5 Å². The van der Waals surface area contributed by atoms with Crippen LogP contribution < -0.4 is 0 Å². The average molecular weight is 280 g/mol. The first kappa shape index (κ1) is 19.3. The molecule has 0 aliphatic heterocycles. The summed E-state index contributed by atoms with van der Waals surface area (Å²) < 4.78 is 0. The summed E-state index contributed by atoms with van der Waals surface area (Å²) in [6.07, 6.45) is 15.5. The minimum Gasteiger partial charge on any atom is -0.161 e. The van der Waals surface area contributed by atoms with E-state index >= 15 is 0 Å². The zero-order chi connectivity index (χ0) is 15.1. The van der Waals surface area contributed by atoms with E-state index in [1.807, 2.05) is 0 Å². The first-order valence-electron chi connectivity index (χ1n) is 8.77. The van der Waals surface area contributed by atoms with Crippen molar-refractivity contribution in [2.24, 2.45) is 10.2 Å². The molecule has 118 valence electrons. The fourth-order valence-corrected chi connectivity index (χ4v) is 2.24. The van der Waals surface area contributed by atoms with Crippen molar-refractivity contribution < 1.29 is 0 Å². The number of nitrogens with zero attached hydrogens (tertiary/aromatic N) is 2. The van der Waals surface area contributed by atoms with Gasteiger partial charge >= 0.3 is 0 Å². The van der Waals surface area contributed by atoms with Crippen molar-refractivity contribution in [3.8, 4) is 0 Å². The number of rotatable bonds is 13. The van der Waals surface area contributed by atoms with Crippen LogP contribution in [0, 0.1) is 0 Å². The summed E-state index contributed by atoms with van der Waals surface area (Å²) in [6, 6.07) is 0. The zero-order valence-corrected chi connectivity index (χ0v) is 14.4. The number of unbranched alkanes of at least 4 members (excludes halogenated alkanes) is 8. The molecule has 0 aromatic heterocycles. The summed E-state index contributed by atoms with van der Waals surface area (Å²) in [5.41, 5.74) is 2.37. The lowest BCUT2D eigenvalue weighted by atomic mass is 10.1. The van der Waals surface area contributed by atoms with Gasteiger partial charge in [0.15, 0.2) is 0 Å². The van der Waals surface area contributed by atoms with Gasteiger partial charge in [0, 0.05) is 11.4 Å². The topological polar surface area (TPSA) is 24.7 Å². The number of hydrogen-bond donors (Lipinski definition) is 0. The molecule has 20 heavy (non-hydrogen) atoms. The van der Waals surface area contributed by atoms with E-state index in [0.29, 0.717) is 0 Å². The molecule has 0 saturated carbocycles. The van der Waals surface area contributed by atoms with Gasteiger partial charge in [-0.2, -0.15) is 10.2 Å². The molecule has 0 fully saturated rings. The molecular formula is C18H36N2. The van der Waals surface area contributed by atoms with Gasteiger partial charge in [-0.3, -0.25) is 0 Å². The van der Waals surface area contributed by atoms with E-state index in [9.17, 15) is 0 Å². The van der Waals surface area contributed by atoms with Gasteiger partial charge in [0.05, 0.1) is 0 Å². The standard InChI is InChI=1S/C18H36N2/c1-5-7-9-11-13-15-17(3)19-20-18(4)16-14-12-10-8-6-2/h5-16H2,1-4H3. The molecule has 0 saturated heterocycles. The average Bonchev–Trinajstić information content (AvgIpc) is 2.44. The van der Waals surface area contributed by atoms with Gasteiger partial charge in [0.1, 0.15) is 0 Å². The summed E-state index contributed by atoms with van der Waals surface area (Å²) in [5, 5.41) is 8.72. The third-order valence-electron chi connectivity index (χ3n) is 3.68. The first-order valence-corrected chi connectivity index (χ1v) is 8.77. The maximum atomic E-state index is 4.36. The van der Waals surface area contributed by atoms with Crippen LogP contribution in [0.3, 0.4) is 0 Å². The van der Waals surface area contributed by atoms with E-state index in [1.165, 1.54) is 75.6 Å². The summed E-state index contributed by atoms with van der Waals surface area (Å²) >= 11 is 0. The number of hydrogen-bond acceptors (Lipinski definition) is 2. The van der Waals surface area contributed by atoms with Gasteiger partial charge in [0.2, 0.25) is 0 Å². The third kappa shape index (κ3) is 13.8. The Morgan fingerprint density at radius 1 is 0.550 bits per heavy atom. The molecule has 0 aromatic carbocycles. The molecule has 0 rings (SSSR count). The lowest BCUT2D eigenvalue weighted by Gasteiger charge is -2.01. The molecule has 0 aromatic rings. The van der Waals surface area contributed by atoms with Crippen molar-refractivity contribution in [3.63, 3.8) is 0 Å². The van der Waals surface area contributed by atoms with Gasteiger partial charge < -0.3 is 0 Å². The molecule has 0 N–H and O–H groups in total. The Labute approximate surface area is 127 Å². The molecule has 0 spiro atoms. The Balaban J connectivity index is 3.67. The fraction of sp³-hybridized carbons (Fsp3) is 0.889. The van der Waals surface area contributed by atoms with E-state index in [2.05, 4.69) is 37.9 Å². The molecule has 2 nitrogen and oxygen atoms in total. The smallest absolute Gasteiger partial charge is 0.0375 e. The van der Waals surface area contributed by atoms with Gasteiger partial charge in [-0.25, -0.2) is 0 Å². The van der Waals surface area contributed by atoms with E-state index in [0.717, 1.165) is 12.8 Å². The second-order valence-corrected chi connectivity index (χ2v) is 6.00. The highest BCUT2D eigenvalue weighted by atomic mass is 15.2. The Bertz CT molecular complexity index is 239. The van der Waals surface area contributed by atoms with Crippen LogP contribution in [0.2, 0.25) is 0 Å². The molecule has 0 aliphatic carbocycles. The molecular weight excluding hydrogens is 244 g/mol. The Morgan fingerprint density at radius 3 is 1.25 bits per heavy atom. The molecule has 0 bridgehead atoms. The van der Waals surface area contributed by atoms with E-state index in [1.54, 1.807) is 0 Å². The lowest BCUT2D eigenvalue weighted by Crippen LogP contribution is -1.94. The highest BCUT2D eigenvalue weighted by Crippen LogP contribution is 2.07. The van der Waals surface area contributed by atoms with Crippen LogP contribution >= 0.6 is 0 Å². The Kier molecular flexibility index (Phi) is 14.3. The predicted molar refractivity (Wildman–Crippen MR) is 93.0 cm³/mol. The summed E-state index contributed by atoms with van der Waals surface area (Å²) in [4.78, 5) is 0. The summed E-state index contributed by atoms with van der Waals surface area (Å²) in [5.74, 6) is 0. The maximum absolute atomic E-state index is 4.36. The second kappa shape index (κ2) is 14.7. The van der Waals surface area contributed by atoms with Crippen LogP contribution in [0.25, 0.3) is 0 Å². The van der Waals surface area contributed by atoms with E-state index in [-0.39, 0.29) is 0 Å². The van der Waals surface area contributed by atoms with Crippen molar-refractivity contribution >= 4 is 11.4 Å². The minimum atomic E-state index is 1.11. The largest absolute Gasteiger partial charge is 0.161 e. The molecule has 0 amide bonds. The van der Waals surface area contributed by atoms with Crippen molar-refractivity contribution in [2.75, 3.05) is 0 Å². The molecule has 2 heteroatoms. The fourth-order valence-electron chi connectivity index (χ4n) is 2.24. The molecule has 0 radical (unpaired) electrons. The van der Waals surface area contributed by atoms with Crippen LogP contribution in [0.5, 0.6) is 0 Å². The minimum absolute atomic E-state index is 1.11. The molecule has 0 unspecified atom stereocenters. The monoisotopic (exact) mass is 280 g/mol. The summed E-state index contributed by atoms with van der Waals surface area (Å²) in [7, 11) is 0. The normalized spacial score (nSPS) is 13.0. The lowest BCUT2D eigenvalue weighted by molar-refractivity contribution is 0.641. The predicted octanol–water partition coefficient (Wildman–Crippen LogP) is 6.54. The van der Waals surface area contributed by atoms with E-state index < -0.39 is 0 Å². The Hall–Kier alpha value is -0.660. The van der Waals surface area contributed by atoms with Gasteiger partial charge in [0.25, 0.3) is 0 Å². The Morgan fingerprint density at radius 2 is 0.900 bits per heavy atom. The first-order chi connectivity index (χ1) is 9.70. The third-order valence-corrected chi connectivity index (χ3v) is 3.68. The van der Waals surface area contributed by atoms with Crippen LogP contribution in [-0.2, 0) is 0 Å². The van der Waals surface area contributed by atoms with Crippen LogP contribution in [-0.4, -0.2) is 11.4 Å². The quantitative estimate of drug-likeness (QED) is 0.208. The van der Waals surface area contributed by atoms with Crippen molar-refractivity contribution in [3.05, 3.63) is 0 Å². The van der Waals surface area contributed by atoms with Gasteiger partial charge in [-0.1, -0.05) is 65.2 Å². The van der Waals surface area contributed by atoms with Crippen molar-refractivity contribution in [2.45, 2.75) is 105 Å². The molecule has 0 aliphatic rings. The zero-order valence-electron chi connectivity index (χ0n) is 14.4. The summed E-state index contributed by atoms with van der Waals surface area (Å²) in [6.45, 7) is 8.73. The SMILES string of the molecule is CCCCCCCC(C)=NN=C(C)CCCCCCC. The highest BCUT2D eigenvalue weighted by Gasteiger charge is 1.95. The highest BCUT2D eigenvalue weighted by molar-refractivity contribution is 5.85. The molecule has 0 heterocycles. The van der Waals surface area contributed by atoms with Crippen molar-refractivity contribution in [1.29, 1.82) is 0 Å².